The second-order valence-corrected chi connectivity index (χ2v) is 20.9. The molecule has 0 aliphatic carbocycles. The molecule has 34 nitrogen and oxygen atoms in total. The van der Waals surface area contributed by atoms with Crippen LogP contribution in [0.1, 0.15) is 108 Å². The number of aromatic amines is 1. The zero-order valence-corrected chi connectivity index (χ0v) is 49.7. The number of likely N-dealkylation sites (tertiary alicyclic amines) is 1. The summed E-state index contributed by atoms with van der Waals surface area (Å²) in [6.07, 6.45) is 7.73. The Bertz CT molecular complexity index is 2360. The summed E-state index contributed by atoms with van der Waals surface area (Å²) in [5, 5.41) is 43.5. The van der Waals surface area contributed by atoms with E-state index in [9.17, 15) is 58.2 Å². The molecule has 492 valence electrons. The third kappa shape index (κ3) is 28.7. The first kappa shape index (κ1) is 75.7. The van der Waals surface area contributed by atoms with Gasteiger partial charge in [0.15, 0.2) is 5.96 Å². The van der Waals surface area contributed by atoms with Crippen LogP contribution < -0.4 is 99.5 Å². The molecule has 1 aliphatic heterocycles. The molecule has 1 aromatic heterocycles. The molecule has 1 fully saturated rings. The van der Waals surface area contributed by atoms with Gasteiger partial charge in [0.05, 0.1) is 31.6 Å². The van der Waals surface area contributed by atoms with Crippen LogP contribution in [0.3, 0.4) is 0 Å². The molecule has 0 saturated carbocycles. The van der Waals surface area contributed by atoms with Crippen LogP contribution in [-0.2, 0) is 54.4 Å². The Labute approximate surface area is 506 Å². The number of hydrogen-bond acceptors (Lipinski definition) is 21. The van der Waals surface area contributed by atoms with Crippen LogP contribution in [0.4, 0.5) is 0 Å². The van der Waals surface area contributed by atoms with E-state index in [4.69, 9.17) is 51.6 Å². The molecule has 1 saturated heterocycles. The standard InChI is InChI=1S/C53H98N22O12/c54-18-4-1-12-33(60)44(79)73-39(30-76)49(84)74-43(41(77)27-59)51(86)66-29-42(78)68-37(15-9-22-58)52(87)75-25-11-17-40(75)50(85)72-38(26-32-28-63-31-67-32)48(83)71-35(14-3-6-20-56)46(81)70-36(16-10-24-65-53(61)62)47(82)69-34(13-2-5-19-55)45(80)64-23-8-7-21-57/h16,28,31,33-35,37-41,43,76-77H,1-15,17-27,29-30,54-60H2,(H,63,67)(H,64,80)(H,66,86)(H,68,78)(H,69,82)(H,70,81)(H,71,83)(H,72,85)(H,73,79)(H,74,84)(H4,61,62,65)/b36-16-/t33-,34-,35-,37+,38-,39-,40-,41-,43-/m0/s1. The summed E-state index contributed by atoms with van der Waals surface area (Å²) < 4.78 is 0. The second kappa shape index (κ2) is 43.2. The topological polar surface area (TPSA) is 598 Å². The number of hydrogen-bond donors (Lipinski definition) is 21. The molecule has 0 aromatic carbocycles. The fraction of sp³-hybridized carbons (Fsp3) is 0.698. The SMILES string of the molecule is NCCCCNC(=O)[C@H](CCCCN)NC(=O)/C(=C/CCN=C(N)N)NC(=O)[C@H](CCCCN)NC(=O)[C@H](Cc1cnc[nH]1)NC(=O)[C@@H]1CCCN1C(=O)[C@@H](CCCN)NC(=O)CNC(=O)[C@@H](NC(=O)[C@H](CO)NC(=O)[C@@H](N)CCCCN)[C@@H](O)CN. The van der Waals surface area contributed by atoms with Crippen LogP contribution in [0.15, 0.2) is 29.3 Å². The maximum absolute atomic E-state index is 14.5. The molecule has 0 spiro atoms. The van der Waals surface area contributed by atoms with E-state index in [1.54, 1.807) is 0 Å². The van der Waals surface area contributed by atoms with Crippen molar-refractivity contribution < 1.29 is 58.2 Å². The maximum Gasteiger partial charge on any atom is 0.268 e. The average molecular weight is 1240 g/mol. The largest absolute Gasteiger partial charge is 0.394 e. The molecule has 0 radical (unpaired) electrons. The number of carbonyl (C=O) groups is 10. The second-order valence-electron chi connectivity index (χ2n) is 20.9. The number of unbranched alkanes of at least 4 members (excludes halogenated alkanes) is 4. The number of rotatable bonds is 45. The van der Waals surface area contributed by atoms with Crippen LogP contribution in [0.2, 0.25) is 0 Å². The lowest BCUT2D eigenvalue weighted by Gasteiger charge is -2.30. The number of aromatic nitrogens is 2. The predicted molar refractivity (Wildman–Crippen MR) is 322 cm³/mol. The van der Waals surface area contributed by atoms with Gasteiger partial charge in [-0.3, -0.25) is 52.9 Å². The molecule has 34 heteroatoms. The zero-order chi connectivity index (χ0) is 64.7. The van der Waals surface area contributed by atoms with E-state index in [-0.39, 0.29) is 89.2 Å². The first-order valence-electron chi connectivity index (χ1n) is 29.7. The monoisotopic (exact) mass is 1230 g/mol. The molecule has 0 unspecified atom stereocenters. The molecule has 2 rings (SSSR count). The number of nitrogens with two attached hydrogens (primary N) is 9. The van der Waals surface area contributed by atoms with Crippen molar-refractivity contribution in [3.8, 4) is 0 Å². The van der Waals surface area contributed by atoms with Gasteiger partial charge in [-0.05, 0) is 129 Å². The molecule has 30 N–H and O–H groups in total. The number of aliphatic imine (C=N–C) groups is 1. The van der Waals surface area contributed by atoms with Gasteiger partial charge in [0, 0.05) is 44.5 Å². The van der Waals surface area contributed by atoms with E-state index in [2.05, 4.69) is 62.8 Å². The number of nitrogens with one attached hydrogen (secondary N) is 10. The summed E-state index contributed by atoms with van der Waals surface area (Å²) in [7, 11) is 0. The van der Waals surface area contributed by atoms with Crippen LogP contribution in [0, 0.1) is 0 Å². The molecule has 1 aromatic rings. The molecular formula is C53H98N22O12. The molecule has 0 bridgehead atoms. The van der Waals surface area contributed by atoms with Gasteiger partial charge in [-0.25, -0.2) is 4.98 Å². The average Bonchev–Trinajstić information content (AvgIpc) is 2.85. The van der Waals surface area contributed by atoms with E-state index in [1.165, 1.54) is 23.5 Å². The van der Waals surface area contributed by atoms with Crippen molar-refractivity contribution >= 4 is 65.0 Å². The Hall–Kier alpha value is -7.44. The highest BCUT2D eigenvalue weighted by molar-refractivity contribution is 6.02. The highest BCUT2D eigenvalue weighted by Gasteiger charge is 2.40. The van der Waals surface area contributed by atoms with Gasteiger partial charge in [0.1, 0.15) is 48.0 Å². The maximum atomic E-state index is 14.5. The first-order valence-corrected chi connectivity index (χ1v) is 29.7. The van der Waals surface area contributed by atoms with Crippen molar-refractivity contribution in [2.45, 2.75) is 164 Å². The van der Waals surface area contributed by atoms with Gasteiger partial charge >= 0.3 is 0 Å². The summed E-state index contributed by atoms with van der Waals surface area (Å²) in [5.41, 5.74) is 51.1. The van der Waals surface area contributed by atoms with Crippen molar-refractivity contribution in [2.75, 3.05) is 72.1 Å². The van der Waals surface area contributed by atoms with Crippen LogP contribution >= 0.6 is 0 Å². The Balaban J connectivity index is 2.37. The summed E-state index contributed by atoms with van der Waals surface area (Å²) in [6, 6.07) is -10.6. The number of carbonyl (C=O) groups excluding carboxylic acids is 10. The molecular weight excluding hydrogens is 1140 g/mol. The number of guanidine groups is 1. The number of H-pyrrole nitrogens is 1. The zero-order valence-electron chi connectivity index (χ0n) is 49.7. The molecule has 9 atom stereocenters. The molecule has 87 heavy (non-hydrogen) atoms. The third-order valence-corrected chi connectivity index (χ3v) is 13.9. The highest BCUT2D eigenvalue weighted by atomic mass is 16.3. The van der Waals surface area contributed by atoms with Gasteiger partial charge in [-0.2, -0.15) is 0 Å². The lowest BCUT2D eigenvalue weighted by atomic mass is 10.0. The normalized spacial score (nSPS) is 15.9. The number of nitrogens with zero attached hydrogens (tertiary/aromatic N) is 3. The minimum Gasteiger partial charge on any atom is -0.394 e. The Kier molecular flexibility index (Phi) is 37.6. The Morgan fingerprint density at radius 1 is 0.667 bits per heavy atom. The minimum atomic E-state index is -1.78. The Morgan fingerprint density at radius 2 is 1.26 bits per heavy atom. The fourth-order valence-corrected chi connectivity index (χ4v) is 9.00. The van der Waals surface area contributed by atoms with Gasteiger partial charge in [-0.1, -0.05) is 12.5 Å². The molecule has 10 amide bonds. The quantitative estimate of drug-likeness (QED) is 0.0125. The molecule has 2 heterocycles. The van der Waals surface area contributed by atoms with Gasteiger partial charge < -0.3 is 120 Å². The predicted octanol–water partition coefficient (Wildman–Crippen LogP) is -8.75. The highest BCUT2D eigenvalue weighted by Crippen LogP contribution is 2.21. The minimum absolute atomic E-state index is 0.0109. The van der Waals surface area contributed by atoms with Gasteiger partial charge in [-0.15, -0.1) is 0 Å². The lowest BCUT2D eigenvalue weighted by molar-refractivity contribution is -0.142. The third-order valence-electron chi connectivity index (χ3n) is 13.9. The van der Waals surface area contributed by atoms with E-state index in [1.807, 2.05) is 0 Å². The van der Waals surface area contributed by atoms with Crippen LogP contribution in [0.25, 0.3) is 0 Å². The summed E-state index contributed by atoms with van der Waals surface area (Å²) in [5.74, 6) is -8.44. The van der Waals surface area contributed by atoms with Crippen molar-refractivity contribution in [2.24, 2.45) is 56.6 Å². The van der Waals surface area contributed by atoms with E-state index in [0.29, 0.717) is 89.7 Å². The fourth-order valence-electron chi connectivity index (χ4n) is 9.00. The van der Waals surface area contributed by atoms with Gasteiger partial charge in [0.25, 0.3) is 5.91 Å². The van der Waals surface area contributed by atoms with Crippen molar-refractivity contribution in [3.05, 3.63) is 30.0 Å². The van der Waals surface area contributed by atoms with E-state index >= 15 is 0 Å². The van der Waals surface area contributed by atoms with Crippen LogP contribution in [0.5, 0.6) is 0 Å². The van der Waals surface area contributed by atoms with Gasteiger partial charge in [0.2, 0.25) is 53.2 Å². The Morgan fingerprint density at radius 3 is 1.86 bits per heavy atom. The first-order chi connectivity index (χ1) is 41.7. The number of amides is 10. The van der Waals surface area contributed by atoms with Crippen molar-refractivity contribution in [1.82, 2.24) is 62.7 Å². The van der Waals surface area contributed by atoms with E-state index in [0.717, 1.165) is 0 Å². The van der Waals surface area contributed by atoms with E-state index < -0.39 is 133 Å². The van der Waals surface area contributed by atoms with Crippen LogP contribution in [-0.4, -0.2) is 217 Å². The summed E-state index contributed by atoms with van der Waals surface area (Å²) >= 11 is 0. The number of imidazole rings is 1. The number of aliphatic hydroxyl groups excluding tert-OH is 2. The smallest absolute Gasteiger partial charge is 0.268 e. The van der Waals surface area contributed by atoms with Crippen molar-refractivity contribution in [1.29, 1.82) is 0 Å². The molecule has 1 aliphatic rings. The summed E-state index contributed by atoms with van der Waals surface area (Å²) in [4.78, 5) is 150. The number of aliphatic hydroxyl groups is 2. The lowest BCUT2D eigenvalue weighted by Crippen LogP contribution is -2.61. The van der Waals surface area contributed by atoms with Crippen molar-refractivity contribution in [3.63, 3.8) is 0 Å². The summed E-state index contributed by atoms with van der Waals surface area (Å²) in [6.45, 7) is -0.352.